The maximum atomic E-state index is 3.68. The standard InChI is InChI=1S/C16H22BrNS/c1-10(2)8-13-12-6-5-7-14(17)16(12)19-15(13)9-18-11(3)4/h5-7,10-11,18H,8-9H2,1-4H3. The van der Waals surface area contributed by atoms with Gasteiger partial charge in [-0.3, -0.25) is 0 Å². The third-order valence-corrected chi connectivity index (χ3v) is 5.34. The molecule has 1 heterocycles. The first-order valence-electron chi connectivity index (χ1n) is 6.91. The summed E-state index contributed by atoms with van der Waals surface area (Å²) in [6.45, 7) is 9.96. The molecule has 0 atom stereocenters. The Morgan fingerprint density at radius 3 is 2.58 bits per heavy atom. The van der Waals surface area contributed by atoms with Gasteiger partial charge < -0.3 is 5.32 Å². The van der Waals surface area contributed by atoms with E-state index in [1.54, 1.807) is 0 Å². The maximum absolute atomic E-state index is 3.68. The number of benzene rings is 1. The lowest BCUT2D eigenvalue weighted by molar-refractivity contribution is 0.585. The van der Waals surface area contributed by atoms with Gasteiger partial charge >= 0.3 is 0 Å². The summed E-state index contributed by atoms with van der Waals surface area (Å²) in [5, 5.41) is 4.98. The van der Waals surface area contributed by atoms with Crippen LogP contribution in [0.4, 0.5) is 0 Å². The van der Waals surface area contributed by atoms with Crippen LogP contribution in [0.3, 0.4) is 0 Å². The van der Waals surface area contributed by atoms with E-state index in [1.807, 2.05) is 11.3 Å². The molecule has 2 aromatic rings. The molecule has 0 aliphatic heterocycles. The monoisotopic (exact) mass is 339 g/mol. The van der Waals surface area contributed by atoms with Crippen LogP contribution < -0.4 is 5.32 Å². The fourth-order valence-corrected chi connectivity index (χ4v) is 4.05. The maximum Gasteiger partial charge on any atom is 0.0491 e. The van der Waals surface area contributed by atoms with Crippen molar-refractivity contribution in [1.29, 1.82) is 0 Å². The second-order valence-corrected chi connectivity index (χ2v) is 7.71. The molecule has 1 N–H and O–H groups in total. The number of halogens is 1. The van der Waals surface area contributed by atoms with E-state index in [0.717, 1.165) is 13.0 Å². The van der Waals surface area contributed by atoms with Gasteiger partial charge in [-0.05, 0) is 45.3 Å². The Kier molecular flexibility index (Phi) is 5.04. The number of hydrogen-bond donors (Lipinski definition) is 1. The summed E-state index contributed by atoms with van der Waals surface area (Å²) in [7, 11) is 0. The molecule has 3 heteroatoms. The molecule has 104 valence electrons. The highest BCUT2D eigenvalue weighted by molar-refractivity contribution is 9.10. The topological polar surface area (TPSA) is 12.0 Å². The predicted molar refractivity (Wildman–Crippen MR) is 90.0 cm³/mol. The van der Waals surface area contributed by atoms with Crippen molar-refractivity contribution in [3.8, 4) is 0 Å². The van der Waals surface area contributed by atoms with Crippen LogP contribution >= 0.6 is 27.3 Å². The summed E-state index contributed by atoms with van der Waals surface area (Å²) in [6, 6.07) is 7.06. The molecule has 0 fully saturated rings. The Labute approximate surface area is 128 Å². The first-order chi connectivity index (χ1) is 8.99. The Balaban J connectivity index is 2.45. The van der Waals surface area contributed by atoms with E-state index in [0.29, 0.717) is 12.0 Å². The van der Waals surface area contributed by atoms with E-state index in [9.17, 15) is 0 Å². The molecule has 0 bridgehead atoms. The number of fused-ring (bicyclic) bond motifs is 1. The van der Waals surface area contributed by atoms with Gasteiger partial charge in [0.05, 0.1) is 0 Å². The van der Waals surface area contributed by atoms with Crippen molar-refractivity contribution in [3.63, 3.8) is 0 Å². The average Bonchev–Trinajstić information content (AvgIpc) is 2.66. The molecule has 2 rings (SSSR count). The summed E-state index contributed by atoms with van der Waals surface area (Å²) in [6.07, 6.45) is 1.16. The second kappa shape index (κ2) is 6.38. The predicted octanol–water partition coefficient (Wildman–Crippen LogP) is 5.36. The van der Waals surface area contributed by atoms with Crippen LogP contribution in [0.15, 0.2) is 22.7 Å². The molecule has 1 aromatic carbocycles. The van der Waals surface area contributed by atoms with Crippen molar-refractivity contribution in [2.45, 2.75) is 46.7 Å². The molecule has 0 amide bonds. The molecular weight excluding hydrogens is 318 g/mol. The minimum absolute atomic E-state index is 0.528. The summed E-state index contributed by atoms with van der Waals surface area (Å²) in [4.78, 5) is 1.49. The van der Waals surface area contributed by atoms with Gasteiger partial charge in [-0.2, -0.15) is 0 Å². The number of hydrogen-bond acceptors (Lipinski definition) is 2. The molecule has 0 saturated carbocycles. The lowest BCUT2D eigenvalue weighted by Crippen LogP contribution is -2.21. The zero-order chi connectivity index (χ0) is 14.0. The van der Waals surface area contributed by atoms with E-state index in [2.05, 4.69) is 67.1 Å². The van der Waals surface area contributed by atoms with E-state index in [-0.39, 0.29) is 0 Å². The van der Waals surface area contributed by atoms with Crippen LogP contribution in [0.5, 0.6) is 0 Å². The van der Waals surface area contributed by atoms with Crippen LogP contribution in [0.2, 0.25) is 0 Å². The van der Waals surface area contributed by atoms with Gasteiger partial charge in [0.25, 0.3) is 0 Å². The van der Waals surface area contributed by atoms with Crippen molar-refractivity contribution in [2.75, 3.05) is 0 Å². The van der Waals surface area contributed by atoms with Crippen LogP contribution in [0, 0.1) is 5.92 Å². The molecular formula is C16H22BrNS. The molecule has 0 spiro atoms. The van der Waals surface area contributed by atoms with Gasteiger partial charge in [0.1, 0.15) is 0 Å². The third-order valence-electron chi connectivity index (χ3n) is 3.14. The quantitative estimate of drug-likeness (QED) is 0.772. The SMILES string of the molecule is CC(C)Cc1c(CNC(C)C)sc2c(Br)cccc12. The van der Waals surface area contributed by atoms with Gasteiger partial charge in [-0.15, -0.1) is 11.3 Å². The molecule has 19 heavy (non-hydrogen) atoms. The molecule has 1 aromatic heterocycles. The second-order valence-electron chi connectivity index (χ2n) is 5.75. The molecule has 0 aliphatic carbocycles. The molecule has 0 radical (unpaired) electrons. The van der Waals surface area contributed by atoms with Gasteiger partial charge in [0.15, 0.2) is 0 Å². The van der Waals surface area contributed by atoms with Crippen molar-refractivity contribution >= 4 is 37.4 Å². The van der Waals surface area contributed by atoms with Crippen LogP contribution in [0.25, 0.3) is 10.1 Å². The van der Waals surface area contributed by atoms with E-state index >= 15 is 0 Å². The summed E-state index contributed by atoms with van der Waals surface area (Å²) in [5.41, 5.74) is 1.53. The number of nitrogens with one attached hydrogen (secondary N) is 1. The largest absolute Gasteiger partial charge is 0.310 e. The smallest absolute Gasteiger partial charge is 0.0491 e. The normalized spacial score (nSPS) is 11.9. The van der Waals surface area contributed by atoms with Crippen LogP contribution in [-0.4, -0.2) is 6.04 Å². The van der Waals surface area contributed by atoms with Gasteiger partial charge in [0, 0.05) is 26.6 Å². The number of thiophene rings is 1. The zero-order valence-electron chi connectivity index (χ0n) is 12.1. The third kappa shape index (κ3) is 3.59. The fraction of sp³-hybridized carbons (Fsp3) is 0.500. The zero-order valence-corrected chi connectivity index (χ0v) is 14.5. The van der Waals surface area contributed by atoms with Gasteiger partial charge in [-0.25, -0.2) is 0 Å². The lowest BCUT2D eigenvalue weighted by Gasteiger charge is -2.10. The van der Waals surface area contributed by atoms with E-state index < -0.39 is 0 Å². The van der Waals surface area contributed by atoms with Gasteiger partial charge in [0.2, 0.25) is 0 Å². The molecule has 0 unspecified atom stereocenters. The minimum Gasteiger partial charge on any atom is -0.310 e. The van der Waals surface area contributed by atoms with Crippen LogP contribution in [-0.2, 0) is 13.0 Å². The van der Waals surface area contributed by atoms with E-state index in [4.69, 9.17) is 0 Å². The highest BCUT2D eigenvalue weighted by Crippen LogP contribution is 2.37. The Morgan fingerprint density at radius 2 is 1.95 bits per heavy atom. The van der Waals surface area contributed by atoms with E-state index in [1.165, 1.54) is 25.0 Å². The molecule has 0 saturated heterocycles. The summed E-state index contributed by atoms with van der Waals surface area (Å²) < 4.78 is 2.61. The van der Waals surface area contributed by atoms with Gasteiger partial charge in [-0.1, -0.05) is 39.8 Å². The lowest BCUT2D eigenvalue weighted by atomic mass is 10.00. The highest BCUT2D eigenvalue weighted by atomic mass is 79.9. The van der Waals surface area contributed by atoms with Crippen molar-refractivity contribution in [1.82, 2.24) is 5.32 Å². The number of rotatable bonds is 5. The molecule has 1 nitrogen and oxygen atoms in total. The summed E-state index contributed by atoms with van der Waals surface area (Å²) in [5.74, 6) is 0.689. The molecule has 0 aliphatic rings. The Hall–Kier alpha value is -0.380. The average molecular weight is 340 g/mol. The first-order valence-corrected chi connectivity index (χ1v) is 8.52. The highest BCUT2D eigenvalue weighted by Gasteiger charge is 2.14. The Bertz CT molecular complexity index is 557. The van der Waals surface area contributed by atoms with Crippen LogP contribution in [0.1, 0.15) is 38.1 Å². The van der Waals surface area contributed by atoms with Crippen molar-refractivity contribution in [3.05, 3.63) is 33.1 Å². The summed E-state index contributed by atoms with van der Waals surface area (Å²) >= 11 is 5.61. The fourth-order valence-electron chi connectivity index (χ4n) is 2.26. The first kappa shape index (κ1) is 15.0. The van der Waals surface area contributed by atoms with Crippen molar-refractivity contribution < 1.29 is 0 Å². The Morgan fingerprint density at radius 1 is 1.21 bits per heavy atom. The minimum atomic E-state index is 0.528. The van der Waals surface area contributed by atoms with Crippen molar-refractivity contribution in [2.24, 2.45) is 5.92 Å².